The van der Waals surface area contributed by atoms with Crippen LogP contribution in [0.15, 0.2) is 60.9 Å². The molecule has 3 atom stereocenters. The number of ether oxygens (including phenoxy) is 3. The standard InChI is InChI=1S/C37H38F7N3O6/c1-3-6-31-35(53-26-11-9-25(10-12-26)36(39,40)41,15-5-17-47(31)33(49)27-21-45-16-13-28(27)37(42,43)44)34(50)46-18-14-24(22-46)32-29(38)7-4-8-30(32)52-20-19-51-23(2)48/h4,7-13,16,21,24,31H,3,5-6,14-15,17-20,22H2,1-2H3/t24?,31-,35+/m1/s1. The van der Waals surface area contributed by atoms with Gasteiger partial charge >= 0.3 is 18.3 Å². The molecule has 0 aliphatic carbocycles. The molecular weight excluding hydrogens is 715 g/mol. The highest BCUT2D eigenvalue weighted by atomic mass is 19.4. The van der Waals surface area contributed by atoms with Crippen LogP contribution in [0.3, 0.4) is 0 Å². The molecule has 5 rings (SSSR count). The molecule has 0 bridgehead atoms. The molecule has 2 saturated heterocycles. The summed E-state index contributed by atoms with van der Waals surface area (Å²) in [6.07, 6.45) is -7.04. The van der Waals surface area contributed by atoms with Gasteiger partial charge in [0.25, 0.3) is 11.8 Å². The summed E-state index contributed by atoms with van der Waals surface area (Å²) >= 11 is 0. The van der Waals surface area contributed by atoms with Crippen LogP contribution < -0.4 is 9.47 Å². The van der Waals surface area contributed by atoms with Crippen LogP contribution in [0.2, 0.25) is 0 Å². The average Bonchev–Trinajstić information content (AvgIpc) is 3.59. The van der Waals surface area contributed by atoms with E-state index < -0.39 is 70.2 Å². The van der Waals surface area contributed by atoms with Gasteiger partial charge in [0.15, 0.2) is 0 Å². The van der Waals surface area contributed by atoms with Crippen molar-refractivity contribution in [2.75, 3.05) is 32.8 Å². The molecule has 2 fully saturated rings. The predicted octanol–water partition coefficient (Wildman–Crippen LogP) is 7.44. The van der Waals surface area contributed by atoms with E-state index in [9.17, 15) is 40.7 Å². The van der Waals surface area contributed by atoms with Gasteiger partial charge in [-0.2, -0.15) is 26.3 Å². The predicted molar refractivity (Wildman–Crippen MR) is 175 cm³/mol. The van der Waals surface area contributed by atoms with E-state index in [1.54, 1.807) is 13.0 Å². The van der Waals surface area contributed by atoms with E-state index in [1.165, 1.54) is 28.9 Å². The maximum absolute atomic E-state index is 15.4. The van der Waals surface area contributed by atoms with Crippen molar-refractivity contribution in [3.63, 3.8) is 0 Å². The Morgan fingerprint density at radius 3 is 2.36 bits per heavy atom. The Labute approximate surface area is 301 Å². The van der Waals surface area contributed by atoms with E-state index in [-0.39, 0.29) is 75.6 Å². The molecule has 0 N–H and O–H groups in total. The van der Waals surface area contributed by atoms with E-state index in [0.29, 0.717) is 12.5 Å². The summed E-state index contributed by atoms with van der Waals surface area (Å²) in [5.74, 6) is -3.31. The van der Waals surface area contributed by atoms with Gasteiger partial charge in [0.2, 0.25) is 5.60 Å². The number of benzene rings is 2. The minimum atomic E-state index is -4.89. The monoisotopic (exact) mass is 753 g/mol. The van der Waals surface area contributed by atoms with Crippen LogP contribution in [-0.4, -0.2) is 77.1 Å². The maximum Gasteiger partial charge on any atom is 0.417 e. The molecule has 53 heavy (non-hydrogen) atoms. The molecule has 2 aromatic carbocycles. The van der Waals surface area contributed by atoms with Crippen molar-refractivity contribution >= 4 is 17.8 Å². The highest BCUT2D eigenvalue weighted by Gasteiger charge is 2.56. The van der Waals surface area contributed by atoms with Crippen LogP contribution in [-0.2, 0) is 26.7 Å². The molecule has 0 saturated carbocycles. The lowest BCUT2D eigenvalue weighted by Gasteiger charge is -2.49. The number of alkyl halides is 6. The molecule has 3 aromatic rings. The lowest BCUT2D eigenvalue weighted by atomic mass is 9.79. The van der Waals surface area contributed by atoms with Crippen LogP contribution >= 0.6 is 0 Å². The Morgan fingerprint density at radius 2 is 1.70 bits per heavy atom. The highest BCUT2D eigenvalue weighted by molar-refractivity contribution is 5.97. The zero-order valence-electron chi connectivity index (χ0n) is 28.9. The first-order valence-electron chi connectivity index (χ1n) is 17.1. The van der Waals surface area contributed by atoms with Crippen molar-refractivity contribution in [2.24, 2.45) is 0 Å². The summed E-state index contributed by atoms with van der Waals surface area (Å²) in [5.41, 5.74) is -4.66. The van der Waals surface area contributed by atoms with E-state index in [2.05, 4.69) is 4.98 Å². The van der Waals surface area contributed by atoms with Gasteiger partial charge in [-0.3, -0.25) is 19.4 Å². The minimum Gasteiger partial charge on any atom is -0.490 e. The second kappa shape index (κ2) is 16.0. The molecule has 0 spiro atoms. The molecule has 3 heterocycles. The summed E-state index contributed by atoms with van der Waals surface area (Å²) in [6.45, 7) is 2.86. The van der Waals surface area contributed by atoms with Crippen LogP contribution in [0.25, 0.3) is 0 Å². The van der Waals surface area contributed by atoms with E-state index in [0.717, 1.165) is 36.7 Å². The number of hydrogen-bond acceptors (Lipinski definition) is 7. The van der Waals surface area contributed by atoms with Gasteiger partial charge in [-0.1, -0.05) is 19.4 Å². The number of halogens is 7. The van der Waals surface area contributed by atoms with Crippen molar-refractivity contribution < 1.29 is 59.3 Å². The van der Waals surface area contributed by atoms with Crippen LogP contribution in [0, 0.1) is 5.82 Å². The van der Waals surface area contributed by atoms with Crippen LogP contribution in [0.1, 0.15) is 78.9 Å². The number of piperidine rings is 1. The number of pyridine rings is 1. The smallest absolute Gasteiger partial charge is 0.417 e. The average molecular weight is 754 g/mol. The van der Waals surface area contributed by atoms with Crippen molar-refractivity contribution in [3.8, 4) is 11.5 Å². The Balaban J connectivity index is 1.52. The molecule has 2 aliphatic rings. The lowest BCUT2D eigenvalue weighted by Crippen LogP contribution is -2.67. The summed E-state index contributed by atoms with van der Waals surface area (Å²) < 4.78 is 115. The fraction of sp³-hybridized carbons (Fsp3) is 0.459. The van der Waals surface area contributed by atoms with E-state index >= 15 is 4.39 Å². The van der Waals surface area contributed by atoms with E-state index in [4.69, 9.17) is 14.2 Å². The fourth-order valence-electron chi connectivity index (χ4n) is 7.12. The largest absolute Gasteiger partial charge is 0.490 e. The van der Waals surface area contributed by atoms with Crippen molar-refractivity contribution in [2.45, 2.75) is 75.9 Å². The molecular formula is C37H38F7N3O6. The minimum absolute atomic E-state index is 0.0220. The third kappa shape index (κ3) is 8.68. The van der Waals surface area contributed by atoms with Crippen LogP contribution in [0.5, 0.6) is 11.5 Å². The molecule has 0 radical (unpaired) electrons. The molecule has 1 aromatic heterocycles. The number of rotatable bonds is 11. The number of amides is 2. The highest BCUT2D eigenvalue weighted by Crippen LogP contribution is 2.43. The maximum atomic E-state index is 15.4. The number of carbonyl (C=O) groups is 3. The lowest BCUT2D eigenvalue weighted by molar-refractivity contribution is -0.158. The van der Waals surface area contributed by atoms with E-state index in [1.807, 2.05) is 0 Å². The van der Waals surface area contributed by atoms with Crippen molar-refractivity contribution in [1.82, 2.24) is 14.8 Å². The molecule has 1 unspecified atom stereocenters. The summed E-state index contributed by atoms with van der Waals surface area (Å²) in [6, 6.07) is 7.43. The number of carbonyl (C=O) groups excluding carboxylic acids is 3. The van der Waals surface area contributed by atoms with Gasteiger partial charge in [0.05, 0.1) is 22.7 Å². The topological polar surface area (TPSA) is 98.3 Å². The Morgan fingerprint density at radius 1 is 0.962 bits per heavy atom. The molecule has 2 aliphatic heterocycles. The number of hydrogen-bond donors (Lipinski definition) is 0. The summed E-state index contributed by atoms with van der Waals surface area (Å²) in [5, 5.41) is 0. The number of likely N-dealkylation sites (tertiary alicyclic amines) is 2. The first-order valence-corrected chi connectivity index (χ1v) is 17.1. The third-order valence-corrected chi connectivity index (χ3v) is 9.43. The molecule has 286 valence electrons. The first-order chi connectivity index (χ1) is 25.1. The van der Waals surface area contributed by atoms with Crippen LogP contribution in [0.4, 0.5) is 30.7 Å². The summed E-state index contributed by atoms with van der Waals surface area (Å²) in [7, 11) is 0. The quantitative estimate of drug-likeness (QED) is 0.114. The Kier molecular flexibility index (Phi) is 11.9. The van der Waals surface area contributed by atoms with Gasteiger partial charge < -0.3 is 24.0 Å². The zero-order valence-corrected chi connectivity index (χ0v) is 28.9. The number of nitrogens with zero attached hydrogens (tertiary/aromatic N) is 3. The SMILES string of the molecule is CCC[C@H]1N(C(=O)c2cnccc2C(F)(F)F)CCC[C@@]1(Oc1ccc(C(F)(F)F)cc1)C(=O)N1CCC(c2c(F)cccc2OCCOC(C)=O)C1. The summed E-state index contributed by atoms with van der Waals surface area (Å²) in [4.78, 5) is 46.5. The molecule has 9 nitrogen and oxygen atoms in total. The molecule has 2 amide bonds. The molecule has 16 heteroatoms. The normalized spacial score (nSPS) is 20.6. The number of esters is 1. The van der Waals surface area contributed by atoms with Gasteiger partial charge in [-0.05, 0) is 61.7 Å². The van der Waals surface area contributed by atoms with Gasteiger partial charge in [0.1, 0.15) is 30.5 Å². The Bertz CT molecular complexity index is 1790. The van der Waals surface area contributed by atoms with Gasteiger partial charge in [-0.25, -0.2) is 4.39 Å². The second-order valence-corrected chi connectivity index (χ2v) is 12.9. The first kappa shape index (κ1) is 39.3. The Hall–Kier alpha value is -4.89. The van der Waals surface area contributed by atoms with Crippen molar-refractivity contribution in [1.29, 1.82) is 0 Å². The zero-order chi connectivity index (χ0) is 38.6. The van der Waals surface area contributed by atoms with Gasteiger partial charge in [-0.15, -0.1) is 0 Å². The van der Waals surface area contributed by atoms with Crippen molar-refractivity contribution in [3.05, 3.63) is 89.0 Å². The number of aromatic nitrogens is 1. The third-order valence-electron chi connectivity index (χ3n) is 9.43. The second-order valence-electron chi connectivity index (χ2n) is 12.9. The van der Waals surface area contributed by atoms with Gasteiger partial charge in [0, 0.05) is 56.9 Å². The fourth-order valence-corrected chi connectivity index (χ4v) is 7.12.